The summed E-state index contributed by atoms with van der Waals surface area (Å²) in [6.07, 6.45) is 4.91. The number of nitrogens with zero attached hydrogens (tertiary/aromatic N) is 5. The standard InChI is InChI=1S/C13H8BrN5O2/c14-11-7-15-6-5-12(11)18-8-16-13(17-18)9-1-3-10(4-2-9)19(20)21/h1-8H. The number of benzene rings is 1. The lowest BCUT2D eigenvalue weighted by Crippen LogP contribution is -1.96. The molecule has 0 aliphatic carbocycles. The minimum Gasteiger partial charge on any atom is -0.263 e. The van der Waals surface area contributed by atoms with Crippen LogP contribution in [0.2, 0.25) is 0 Å². The number of halogens is 1. The van der Waals surface area contributed by atoms with Gasteiger partial charge in [0, 0.05) is 30.1 Å². The van der Waals surface area contributed by atoms with Crippen LogP contribution < -0.4 is 0 Å². The van der Waals surface area contributed by atoms with E-state index in [1.54, 1.807) is 41.6 Å². The Bertz CT molecular complexity index is 800. The zero-order valence-electron chi connectivity index (χ0n) is 10.5. The van der Waals surface area contributed by atoms with E-state index in [1.807, 2.05) is 0 Å². The van der Waals surface area contributed by atoms with Gasteiger partial charge in [0.2, 0.25) is 0 Å². The number of nitro groups is 1. The van der Waals surface area contributed by atoms with E-state index in [9.17, 15) is 10.1 Å². The predicted octanol–water partition coefficient (Wildman–Crippen LogP) is 3.00. The molecular formula is C13H8BrN5O2. The second kappa shape index (κ2) is 5.41. The first-order valence-corrected chi connectivity index (χ1v) is 6.71. The largest absolute Gasteiger partial charge is 0.269 e. The number of hydrogen-bond donors (Lipinski definition) is 0. The Morgan fingerprint density at radius 3 is 2.62 bits per heavy atom. The Balaban J connectivity index is 1.95. The van der Waals surface area contributed by atoms with Crippen LogP contribution in [-0.4, -0.2) is 24.7 Å². The van der Waals surface area contributed by atoms with Crippen molar-refractivity contribution in [2.45, 2.75) is 0 Å². The van der Waals surface area contributed by atoms with Gasteiger partial charge in [-0.15, -0.1) is 5.10 Å². The molecular weight excluding hydrogens is 338 g/mol. The number of rotatable bonds is 3. The molecule has 0 saturated heterocycles. The summed E-state index contributed by atoms with van der Waals surface area (Å²) < 4.78 is 2.41. The molecule has 0 atom stereocenters. The van der Waals surface area contributed by atoms with E-state index in [0.29, 0.717) is 11.4 Å². The monoisotopic (exact) mass is 345 g/mol. The molecule has 104 valence electrons. The average molecular weight is 346 g/mol. The lowest BCUT2D eigenvalue weighted by Gasteiger charge is -2.01. The van der Waals surface area contributed by atoms with Crippen molar-refractivity contribution in [3.63, 3.8) is 0 Å². The quantitative estimate of drug-likeness (QED) is 0.537. The lowest BCUT2D eigenvalue weighted by molar-refractivity contribution is -0.384. The topological polar surface area (TPSA) is 86.7 Å². The zero-order valence-corrected chi connectivity index (χ0v) is 12.1. The first kappa shape index (κ1) is 13.4. The van der Waals surface area contributed by atoms with Gasteiger partial charge in [0.25, 0.3) is 5.69 Å². The van der Waals surface area contributed by atoms with Crippen molar-refractivity contribution in [3.05, 3.63) is 63.6 Å². The maximum Gasteiger partial charge on any atom is 0.269 e. The van der Waals surface area contributed by atoms with Crippen molar-refractivity contribution in [2.75, 3.05) is 0 Å². The highest BCUT2D eigenvalue weighted by Gasteiger charge is 2.10. The van der Waals surface area contributed by atoms with E-state index in [2.05, 4.69) is 31.0 Å². The van der Waals surface area contributed by atoms with E-state index in [1.165, 1.54) is 12.1 Å². The fourth-order valence-electron chi connectivity index (χ4n) is 1.80. The van der Waals surface area contributed by atoms with Crippen LogP contribution in [0.1, 0.15) is 0 Å². The normalized spacial score (nSPS) is 10.5. The molecule has 21 heavy (non-hydrogen) atoms. The fraction of sp³-hybridized carbons (Fsp3) is 0. The van der Waals surface area contributed by atoms with Gasteiger partial charge in [0.05, 0.1) is 15.1 Å². The van der Waals surface area contributed by atoms with Crippen molar-refractivity contribution >= 4 is 21.6 Å². The molecule has 2 aromatic heterocycles. The van der Waals surface area contributed by atoms with Gasteiger partial charge in [0.1, 0.15) is 6.33 Å². The molecule has 0 aliphatic heterocycles. The first-order chi connectivity index (χ1) is 10.1. The Morgan fingerprint density at radius 1 is 1.19 bits per heavy atom. The van der Waals surface area contributed by atoms with Crippen LogP contribution >= 0.6 is 15.9 Å². The maximum absolute atomic E-state index is 10.6. The van der Waals surface area contributed by atoms with Gasteiger partial charge in [-0.3, -0.25) is 15.1 Å². The van der Waals surface area contributed by atoms with Crippen molar-refractivity contribution in [3.8, 4) is 17.1 Å². The summed E-state index contributed by atoms with van der Waals surface area (Å²) in [5.41, 5.74) is 1.56. The summed E-state index contributed by atoms with van der Waals surface area (Å²) in [4.78, 5) is 18.4. The van der Waals surface area contributed by atoms with Gasteiger partial charge in [-0.2, -0.15) is 0 Å². The summed E-state index contributed by atoms with van der Waals surface area (Å²) in [6.45, 7) is 0. The molecule has 0 amide bonds. The van der Waals surface area contributed by atoms with Crippen molar-refractivity contribution < 1.29 is 4.92 Å². The van der Waals surface area contributed by atoms with Crippen LogP contribution in [0.5, 0.6) is 0 Å². The number of aromatic nitrogens is 4. The van der Waals surface area contributed by atoms with Crippen molar-refractivity contribution in [1.29, 1.82) is 0 Å². The Labute approximate surface area is 127 Å². The van der Waals surface area contributed by atoms with Crippen molar-refractivity contribution in [2.24, 2.45) is 0 Å². The minimum absolute atomic E-state index is 0.0371. The van der Waals surface area contributed by atoms with E-state index in [4.69, 9.17) is 0 Å². The number of hydrogen-bond acceptors (Lipinski definition) is 5. The highest BCUT2D eigenvalue weighted by Crippen LogP contribution is 2.22. The average Bonchev–Trinajstić information content (AvgIpc) is 2.97. The minimum atomic E-state index is -0.441. The Morgan fingerprint density at radius 2 is 1.95 bits per heavy atom. The highest BCUT2D eigenvalue weighted by molar-refractivity contribution is 9.10. The molecule has 0 aliphatic rings. The Kier molecular flexibility index (Phi) is 3.44. The number of pyridine rings is 1. The van der Waals surface area contributed by atoms with E-state index in [-0.39, 0.29) is 5.69 Å². The van der Waals surface area contributed by atoms with E-state index >= 15 is 0 Å². The molecule has 0 bridgehead atoms. The lowest BCUT2D eigenvalue weighted by atomic mass is 10.2. The third-order valence-corrected chi connectivity index (χ3v) is 3.44. The van der Waals surface area contributed by atoms with Crippen LogP contribution in [0, 0.1) is 10.1 Å². The number of nitro benzene ring substituents is 1. The van der Waals surface area contributed by atoms with E-state index < -0.39 is 4.92 Å². The van der Waals surface area contributed by atoms with Crippen LogP contribution in [0.25, 0.3) is 17.1 Å². The maximum atomic E-state index is 10.6. The number of non-ortho nitro benzene ring substituents is 1. The molecule has 1 aromatic carbocycles. The Hall–Kier alpha value is -2.61. The molecule has 3 rings (SSSR count). The zero-order chi connectivity index (χ0) is 14.8. The van der Waals surface area contributed by atoms with Crippen LogP contribution in [-0.2, 0) is 0 Å². The summed E-state index contributed by atoms with van der Waals surface area (Å²) in [7, 11) is 0. The predicted molar refractivity (Wildman–Crippen MR) is 78.9 cm³/mol. The third kappa shape index (κ3) is 2.65. The summed E-state index contributed by atoms with van der Waals surface area (Å²) >= 11 is 3.40. The van der Waals surface area contributed by atoms with Gasteiger partial charge in [-0.1, -0.05) is 0 Å². The highest BCUT2D eigenvalue weighted by atomic mass is 79.9. The molecule has 2 heterocycles. The molecule has 0 unspecified atom stereocenters. The van der Waals surface area contributed by atoms with Gasteiger partial charge < -0.3 is 0 Å². The smallest absolute Gasteiger partial charge is 0.263 e. The van der Waals surface area contributed by atoms with Crippen molar-refractivity contribution in [1.82, 2.24) is 19.7 Å². The SMILES string of the molecule is O=[N+]([O-])c1ccc(-c2ncn(-c3ccncc3Br)n2)cc1. The summed E-state index contributed by atoms with van der Waals surface area (Å²) in [5, 5.41) is 15.0. The molecule has 0 N–H and O–H groups in total. The van der Waals surface area contributed by atoms with Crippen LogP contribution in [0.15, 0.2) is 53.5 Å². The summed E-state index contributed by atoms with van der Waals surface area (Å²) in [5.74, 6) is 0.494. The van der Waals surface area contributed by atoms with Gasteiger partial charge in [0.15, 0.2) is 5.82 Å². The van der Waals surface area contributed by atoms with E-state index in [0.717, 1.165) is 10.2 Å². The summed E-state index contributed by atoms with van der Waals surface area (Å²) in [6, 6.07) is 7.91. The van der Waals surface area contributed by atoms with Gasteiger partial charge >= 0.3 is 0 Å². The fourth-order valence-corrected chi connectivity index (χ4v) is 2.23. The first-order valence-electron chi connectivity index (χ1n) is 5.91. The van der Waals surface area contributed by atoms with Crippen LogP contribution in [0.3, 0.4) is 0 Å². The molecule has 0 spiro atoms. The van der Waals surface area contributed by atoms with Crippen LogP contribution in [0.4, 0.5) is 5.69 Å². The van der Waals surface area contributed by atoms with Gasteiger partial charge in [-0.05, 0) is 34.1 Å². The molecule has 3 aromatic rings. The molecule has 0 fully saturated rings. The molecule has 0 radical (unpaired) electrons. The second-order valence-corrected chi connectivity index (χ2v) is 5.00. The molecule has 8 heteroatoms. The molecule has 0 saturated carbocycles. The second-order valence-electron chi connectivity index (χ2n) is 4.14. The van der Waals surface area contributed by atoms with Gasteiger partial charge in [-0.25, -0.2) is 9.67 Å². The molecule has 7 nitrogen and oxygen atoms in total. The third-order valence-electron chi connectivity index (χ3n) is 2.83.